The van der Waals surface area contributed by atoms with Gasteiger partial charge >= 0.3 is 0 Å². The molecule has 1 aliphatic rings. The van der Waals surface area contributed by atoms with Crippen LogP contribution in [0.4, 0.5) is 0 Å². The SMILES string of the molecule is CC(=O)N1CCOC[C@@](O)(CC(=O)N(CCO)Cc2ccccc2)C1. The number of ether oxygens (including phenoxy) is 1. The largest absolute Gasteiger partial charge is 0.395 e. The predicted octanol–water partition coefficient (Wildman–Crippen LogP) is 0.00740. The van der Waals surface area contributed by atoms with Gasteiger partial charge < -0.3 is 24.7 Å². The van der Waals surface area contributed by atoms with Crippen LogP contribution in [0, 0.1) is 0 Å². The number of carbonyl (C=O) groups excluding carboxylic acids is 2. The quantitative estimate of drug-likeness (QED) is 0.754. The highest BCUT2D eigenvalue weighted by Gasteiger charge is 2.37. The van der Waals surface area contributed by atoms with Gasteiger partial charge in [-0.25, -0.2) is 0 Å². The number of carbonyl (C=O) groups is 2. The van der Waals surface area contributed by atoms with Gasteiger partial charge in [0.1, 0.15) is 5.60 Å². The van der Waals surface area contributed by atoms with Crippen molar-refractivity contribution in [1.82, 2.24) is 9.80 Å². The van der Waals surface area contributed by atoms with Gasteiger partial charge in [0.25, 0.3) is 0 Å². The highest BCUT2D eigenvalue weighted by atomic mass is 16.5. The summed E-state index contributed by atoms with van der Waals surface area (Å²) in [6, 6.07) is 9.46. The van der Waals surface area contributed by atoms with Crippen LogP contribution in [0.2, 0.25) is 0 Å². The lowest BCUT2D eigenvalue weighted by Crippen LogP contribution is -2.49. The highest BCUT2D eigenvalue weighted by Crippen LogP contribution is 2.19. The molecule has 1 heterocycles. The number of amides is 2. The summed E-state index contributed by atoms with van der Waals surface area (Å²) in [4.78, 5) is 27.3. The lowest BCUT2D eigenvalue weighted by Gasteiger charge is -2.32. The van der Waals surface area contributed by atoms with E-state index in [0.717, 1.165) is 5.56 Å². The van der Waals surface area contributed by atoms with Crippen LogP contribution in [0.3, 0.4) is 0 Å². The Kier molecular flexibility index (Phi) is 6.92. The molecule has 2 N–H and O–H groups in total. The molecule has 0 radical (unpaired) electrons. The van der Waals surface area contributed by atoms with Gasteiger partial charge in [0.2, 0.25) is 11.8 Å². The van der Waals surface area contributed by atoms with Crippen molar-refractivity contribution in [3.8, 4) is 0 Å². The van der Waals surface area contributed by atoms with Crippen LogP contribution in [-0.4, -0.2) is 76.9 Å². The Labute approximate surface area is 147 Å². The second kappa shape index (κ2) is 8.94. The Morgan fingerprint density at radius 1 is 1.32 bits per heavy atom. The number of rotatable bonds is 6. The minimum atomic E-state index is -1.43. The van der Waals surface area contributed by atoms with Gasteiger partial charge in [0, 0.05) is 26.6 Å². The van der Waals surface area contributed by atoms with E-state index in [1.165, 1.54) is 16.7 Å². The zero-order chi connectivity index (χ0) is 18.3. The highest BCUT2D eigenvalue weighted by molar-refractivity contribution is 5.78. The van der Waals surface area contributed by atoms with E-state index in [1.807, 2.05) is 30.3 Å². The lowest BCUT2D eigenvalue weighted by molar-refractivity contribution is -0.143. The second-order valence-corrected chi connectivity index (χ2v) is 6.42. The molecule has 2 rings (SSSR count). The summed E-state index contributed by atoms with van der Waals surface area (Å²) in [5, 5.41) is 20.1. The average Bonchev–Trinajstić information content (AvgIpc) is 2.77. The van der Waals surface area contributed by atoms with Gasteiger partial charge in [-0.15, -0.1) is 0 Å². The van der Waals surface area contributed by atoms with Crippen LogP contribution < -0.4 is 0 Å². The summed E-state index contributed by atoms with van der Waals surface area (Å²) in [5.41, 5.74) is -0.484. The maximum absolute atomic E-state index is 12.7. The van der Waals surface area contributed by atoms with Crippen molar-refractivity contribution in [1.29, 1.82) is 0 Å². The maximum Gasteiger partial charge on any atom is 0.226 e. The van der Waals surface area contributed by atoms with Crippen molar-refractivity contribution in [3.05, 3.63) is 35.9 Å². The molecule has 1 fully saturated rings. The van der Waals surface area contributed by atoms with Gasteiger partial charge in [0.05, 0.1) is 32.8 Å². The van der Waals surface area contributed by atoms with Crippen molar-refractivity contribution in [3.63, 3.8) is 0 Å². The molecule has 0 saturated carbocycles. The first-order chi connectivity index (χ1) is 11.9. The molecule has 1 aromatic rings. The molecular formula is C18H26N2O5. The summed E-state index contributed by atoms with van der Waals surface area (Å²) in [6.45, 7) is 2.60. The van der Waals surface area contributed by atoms with Crippen LogP contribution in [0.5, 0.6) is 0 Å². The topological polar surface area (TPSA) is 90.3 Å². The number of benzene rings is 1. The molecule has 25 heavy (non-hydrogen) atoms. The number of β-amino-alcohol motifs (C(OH)–C–C–N with tert-alkyl or cyclic N) is 1. The molecule has 0 bridgehead atoms. The van der Waals surface area contributed by atoms with E-state index in [9.17, 15) is 19.8 Å². The molecule has 0 aromatic heterocycles. The zero-order valence-corrected chi connectivity index (χ0v) is 14.6. The summed E-state index contributed by atoms with van der Waals surface area (Å²) in [6.07, 6.45) is -0.163. The van der Waals surface area contributed by atoms with E-state index in [0.29, 0.717) is 19.7 Å². The van der Waals surface area contributed by atoms with Crippen molar-refractivity contribution < 1.29 is 24.5 Å². The standard InChI is InChI=1S/C18H26N2O5/c1-15(22)20-8-10-25-14-18(24,13-20)11-17(23)19(7-9-21)12-16-5-3-2-4-6-16/h2-6,21,24H,7-14H2,1H3/t18-/m1/s1. The fraction of sp³-hybridized carbons (Fsp3) is 0.556. The first-order valence-electron chi connectivity index (χ1n) is 8.42. The van der Waals surface area contributed by atoms with E-state index in [2.05, 4.69) is 0 Å². The van der Waals surface area contributed by atoms with Crippen molar-refractivity contribution in [2.45, 2.75) is 25.5 Å². The van der Waals surface area contributed by atoms with E-state index in [-0.39, 0.29) is 44.5 Å². The minimum absolute atomic E-state index is 0.000815. The Balaban J connectivity index is 2.06. The summed E-state index contributed by atoms with van der Waals surface area (Å²) < 4.78 is 5.39. The third-order valence-corrected chi connectivity index (χ3v) is 4.23. The molecule has 7 heteroatoms. The van der Waals surface area contributed by atoms with Crippen molar-refractivity contribution in [2.75, 3.05) is 39.5 Å². The molecule has 1 saturated heterocycles. The van der Waals surface area contributed by atoms with E-state index in [4.69, 9.17) is 4.74 Å². The van der Waals surface area contributed by atoms with Crippen LogP contribution in [0.25, 0.3) is 0 Å². The number of hydrogen-bond acceptors (Lipinski definition) is 5. The van der Waals surface area contributed by atoms with E-state index in [1.54, 1.807) is 0 Å². The monoisotopic (exact) mass is 350 g/mol. The first kappa shape index (κ1) is 19.4. The third-order valence-electron chi connectivity index (χ3n) is 4.23. The normalized spacial score (nSPS) is 20.8. The number of hydrogen-bond donors (Lipinski definition) is 2. The molecular weight excluding hydrogens is 324 g/mol. The number of nitrogens with zero attached hydrogens (tertiary/aromatic N) is 2. The Bertz CT molecular complexity index is 580. The summed E-state index contributed by atoms with van der Waals surface area (Å²) in [5.74, 6) is -0.442. The van der Waals surface area contributed by atoms with Gasteiger partial charge in [-0.1, -0.05) is 30.3 Å². The predicted molar refractivity (Wildman–Crippen MR) is 91.6 cm³/mol. The van der Waals surface area contributed by atoms with Gasteiger partial charge in [-0.05, 0) is 5.56 Å². The Morgan fingerprint density at radius 2 is 2.04 bits per heavy atom. The van der Waals surface area contributed by atoms with Gasteiger partial charge in [-0.2, -0.15) is 0 Å². The van der Waals surface area contributed by atoms with E-state index >= 15 is 0 Å². The van der Waals surface area contributed by atoms with E-state index < -0.39 is 5.60 Å². The Morgan fingerprint density at radius 3 is 2.68 bits per heavy atom. The Hall–Kier alpha value is -1.96. The minimum Gasteiger partial charge on any atom is -0.395 e. The molecule has 138 valence electrons. The fourth-order valence-electron chi connectivity index (χ4n) is 2.90. The van der Waals surface area contributed by atoms with Crippen LogP contribution >= 0.6 is 0 Å². The van der Waals surface area contributed by atoms with Crippen molar-refractivity contribution in [2.24, 2.45) is 0 Å². The lowest BCUT2D eigenvalue weighted by atomic mass is 9.99. The molecule has 1 atom stereocenters. The first-order valence-corrected chi connectivity index (χ1v) is 8.42. The molecule has 2 amide bonds. The molecule has 1 aromatic carbocycles. The van der Waals surface area contributed by atoms with Crippen LogP contribution in [0.1, 0.15) is 18.9 Å². The molecule has 1 aliphatic heterocycles. The maximum atomic E-state index is 12.7. The van der Waals surface area contributed by atoms with Crippen molar-refractivity contribution >= 4 is 11.8 Å². The molecule has 7 nitrogen and oxygen atoms in total. The number of aliphatic hydroxyl groups is 2. The zero-order valence-electron chi connectivity index (χ0n) is 14.6. The smallest absolute Gasteiger partial charge is 0.226 e. The van der Waals surface area contributed by atoms with Gasteiger partial charge in [0.15, 0.2) is 0 Å². The molecule has 0 spiro atoms. The molecule has 0 aliphatic carbocycles. The fourth-order valence-corrected chi connectivity index (χ4v) is 2.90. The average molecular weight is 350 g/mol. The van der Waals surface area contributed by atoms with Crippen LogP contribution in [-0.2, 0) is 20.9 Å². The molecule has 0 unspecified atom stereocenters. The summed E-state index contributed by atoms with van der Waals surface area (Å²) in [7, 11) is 0. The second-order valence-electron chi connectivity index (χ2n) is 6.42. The number of aliphatic hydroxyl groups excluding tert-OH is 1. The summed E-state index contributed by atoms with van der Waals surface area (Å²) >= 11 is 0. The van der Waals surface area contributed by atoms with Crippen LogP contribution in [0.15, 0.2) is 30.3 Å². The van der Waals surface area contributed by atoms with Gasteiger partial charge in [-0.3, -0.25) is 9.59 Å². The third kappa shape index (κ3) is 5.81.